The Morgan fingerprint density at radius 3 is 2.74 bits per heavy atom. The lowest BCUT2D eigenvalue weighted by atomic mass is 9.81. The number of carbonyl (C=O) groups excluding carboxylic acids is 1. The summed E-state index contributed by atoms with van der Waals surface area (Å²) in [6.07, 6.45) is 2.27. The Morgan fingerprint density at radius 1 is 1.30 bits per heavy atom. The third kappa shape index (κ3) is 5.63. The molecule has 2 N–H and O–H groups in total. The van der Waals surface area contributed by atoms with Crippen LogP contribution in [0.25, 0.3) is 11.3 Å². The van der Waals surface area contributed by atoms with Gasteiger partial charge in [0.25, 0.3) is 0 Å². The number of hydrogen-bond acceptors (Lipinski definition) is 4. The highest BCUT2D eigenvalue weighted by molar-refractivity contribution is 5.77. The Morgan fingerprint density at radius 2 is 2.04 bits per heavy atom. The molecule has 0 unspecified atom stereocenters. The quantitative estimate of drug-likeness (QED) is 0.841. The molecule has 1 fully saturated rings. The third-order valence-electron chi connectivity index (χ3n) is 4.89. The first kappa shape index (κ1) is 19.5. The highest BCUT2D eigenvalue weighted by Gasteiger charge is 2.29. The first-order valence-corrected chi connectivity index (χ1v) is 9.53. The van der Waals surface area contributed by atoms with Gasteiger partial charge in [0.1, 0.15) is 5.82 Å². The number of piperidine rings is 1. The molecular weight excluding hydrogens is 345 g/mol. The molecule has 1 saturated heterocycles. The second-order valence-electron chi connectivity index (χ2n) is 8.41. The molecule has 5 nitrogen and oxygen atoms in total. The van der Waals surface area contributed by atoms with Gasteiger partial charge >= 0.3 is 0 Å². The molecule has 0 bridgehead atoms. The van der Waals surface area contributed by atoms with Crippen LogP contribution in [-0.2, 0) is 11.2 Å². The summed E-state index contributed by atoms with van der Waals surface area (Å²) < 4.78 is 18.5. The van der Waals surface area contributed by atoms with Gasteiger partial charge in [0.15, 0.2) is 5.76 Å². The van der Waals surface area contributed by atoms with Gasteiger partial charge < -0.3 is 15.2 Å². The van der Waals surface area contributed by atoms with Crippen LogP contribution in [0.3, 0.4) is 0 Å². The maximum absolute atomic E-state index is 13.1. The SMILES string of the molecule is CC(C)(C)NC(=O)C[C@@H]1CCNC[C@@H]1Cc1cc(-c2ccc(F)cc2)on1. The number of amides is 1. The van der Waals surface area contributed by atoms with Crippen LogP contribution in [0.2, 0.25) is 0 Å². The molecular formula is C21H28FN3O2. The fourth-order valence-electron chi connectivity index (χ4n) is 3.62. The monoisotopic (exact) mass is 373 g/mol. The van der Waals surface area contributed by atoms with Gasteiger partial charge in [-0.05, 0) is 82.8 Å². The van der Waals surface area contributed by atoms with Gasteiger partial charge in [0, 0.05) is 23.6 Å². The first-order chi connectivity index (χ1) is 12.8. The van der Waals surface area contributed by atoms with E-state index in [-0.39, 0.29) is 17.3 Å². The summed E-state index contributed by atoms with van der Waals surface area (Å²) in [7, 11) is 0. The number of hydrogen-bond donors (Lipinski definition) is 2. The third-order valence-corrected chi connectivity index (χ3v) is 4.89. The molecule has 27 heavy (non-hydrogen) atoms. The van der Waals surface area contributed by atoms with E-state index in [4.69, 9.17) is 4.52 Å². The highest BCUT2D eigenvalue weighted by atomic mass is 19.1. The topological polar surface area (TPSA) is 67.2 Å². The van der Waals surface area contributed by atoms with Crippen molar-refractivity contribution in [1.82, 2.24) is 15.8 Å². The van der Waals surface area contributed by atoms with E-state index in [1.165, 1.54) is 12.1 Å². The van der Waals surface area contributed by atoms with E-state index in [0.717, 1.165) is 37.2 Å². The minimum Gasteiger partial charge on any atom is -0.356 e. The maximum atomic E-state index is 13.1. The standard InChI is InChI=1S/C21H28FN3O2/c1-21(2,3)24-20(26)11-15-8-9-23-13-16(15)10-18-12-19(27-25-18)14-4-6-17(22)7-5-14/h4-7,12,15-16,23H,8-11,13H2,1-3H3,(H,24,26)/t15-,16-/m0/s1. The molecule has 2 heterocycles. The Bertz CT molecular complexity index is 764. The molecule has 146 valence electrons. The summed E-state index contributed by atoms with van der Waals surface area (Å²) in [5.41, 5.74) is 1.46. The van der Waals surface area contributed by atoms with E-state index in [9.17, 15) is 9.18 Å². The average molecular weight is 373 g/mol. The zero-order valence-corrected chi connectivity index (χ0v) is 16.2. The summed E-state index contributed by atoms with van der Waals surface area (Å²) in [5.74, 6) is 1.11. The van der Waals surface area contributed by atoms with E-state index < -0.39 is 0 Å². The number of rotatable bonds is 5. The number of aromatic nitrogens is 1. The molecule has 2 aromatic rings. The van der Waals surface area contributed by atoms with Crippen molar-refractivity contribution >= 4 is 5.91 Å². The lowest BCUT2D eigenvalue weighted by Gasteiger charge is -2.32. The van der Waals surface area contributed by atoms with Crippen molar-refractivity contribution in [1.29, 1.82) is 0 Å². The number of nitrogens with one attached hydrogen (secondary N) is 2. The Hall–Kier alpha value is -2.21. The van der Waals surface area contributed by atoms with Gasteiger partial charge in [-0.1, -0.05) is 5.16 Å². The zero-order valence-electron chi connectivity index (χ0n) is 16.2. The van der Waals surface area contributed by atoms with Gasteiger partial charge in [-0.25, -0.2) is 4.39 Å². The van der Waals surface area contributed by atoms with Crippen LogP contribution in [0.4, 0.5) is 4.39 Å². The van der Waals surface area contributed by atoms with Crippen molar-refractivity contribution in [2.24, 2.45) is 11.8 Å². The molecule has 6 heteroatoms. The predicted molar refractivity (Wildman–Crippen MR) is 103 cm³/mol. The molecule has 0 aliphatic carbocycles. The van der Waals surface area contributed by atoms with Crippen LogP contribution >= 0.6 is 0 Å². The van der Waals surface area contributed by atoms with Crippen molar-refractivity contribution in [2.45, 2.75) is 45.6 Å². The molecule has 1 aromatic heterocycles. The molecule has 3 rings (SSSR count). The average Bonchev–Trinajstić information content (AvgIpc) is 3.04. The van der Waals surface area contributed by atoms with Crippen LogP contribution in [-0.4, -0.2) is 29.7 Å². The Labute approximate surface area is 159 Å². The van der Waals surface area contributed by atoms with Crippen molar-refractivity contribution < 1.29 is 13.7 Å². The molecule has 1 amide bonds. The van der Waals surface area contributed by atoms with Crippen molar-refractivity contribution in [3.8, 4) is 11.3 Å². The van der Waals surface area contributed by atoms with E-state index in [0.29, 0.717) is 24.0 Å². The molecule has 2 atom stereocenters. The maximum Gasteiger partial charge on any atom is 0.220 e. The summed E-state index contributed by atoms with van der Waals surface area (Å²) in [5, 5.41) is 10.7. The lowest BCUT2D eigenvalue weighted by molar-refractivity contribution is -0.124. The van der Waals surface area contributed by atoms with E-state index in [1.807, 2.05) is 26.8 Å². The van der Waals surface area contributed by atoms with Gasteiger partial charge in [-0.3, -0.25) is 4.79 Å². The fourth-order valence-corrected chi connectivity index (χ4v) is 3.62. The molecule has 0 spiro atoms. The first-order valence-electron chi connectivity index (χ1n) is 9.53. The van der Waals surface area contributed by atoms with Gasteiger partial charge in [-0.2, -0.15) is 0 Å². The lowest BCUT2D eigenvalue weighted by Crippen LogP contribution is -2.44. The molecule has 1 aliphatic heterocycles. The summed E-state index contributed by atoms with van der Waals surface area (Å²) >= 11 is 0. The number of nitrogens with zero attached hydrogens (tertiary/aromatic N) is 1. The molecule has 1 aromatic carbocycles. The highest BCUT2D eigenvalue weighted by Crippen LogP contribution is 2.28. The van der Waals surface area contributed by atoms with Gasteiger partial charge in [0.2, 0.25) is 5.91 Å². The van der Waals surface area contributed by atoms with E-state index >= 15 is 0 Å². The Balaban J connectivity index is 1.64. The van der Waals surface area contributed by atoms with Crippen LogP contribution < -0.4 is 10.6 Å². The smallest absolute Gasteiger partial charge is 0.220 e. The van der Waals surface area contributed by atoms with Crippen molar-refractivity contribution in [3.63, 3.8) is 0 Å². The summed E-state index contributed by atoms with van der Waals surface area (Å²) in [6.45, 7) is 7.79. The second-order valence-corrected chi connectivity index (χ2v) is 8.41. The number of halogens is 1. The molecule has 1 aliphatic rings. The molecule has 0 saturated carbocycles. The zero-order chi connectivity index (χ0) is 19.4. The van der Waals surface area contributed by atoms with Gasteiger partial charge in [0.05, 0.1) is 5.69 Å². The summed E-state index contributed by atoms with van der Waals surface area (Å²) in [4.78, 5) is 12.3. The van der Waals surface area contributed by atoms with Gasteiger partial charge in [-0.15, -0.1) is 0 Å². The second kappa shape index (κ2) is 8.21. The largest absolute Gasteiger partial charge is 0.356 e. The fraction of sp³-hybridized carbons (Fsp3) is 0.524. The number of benzene rings is 1. The minimum atomic E-state index is -0.275. The van der Waals surface area contributed by atoms with Crippen LogP contribution in [0.1, 0.15) is 39.3 Å². The summed E-state index contributed by atoms with van der Waals surface area (Å²) in [6, 6.07) is 8.09. The van der Waals surface area contributed by atoms with E-state index in [2.05, 4.69) is 15.8 Å². The van der Waals surface area contributed by atoms with Crippen molar-refractivity contribution in [2.75, 3.05) is 13.1 Å². The Kier molecular flexibility index (Phi) is 5.95. The number of carbonyl (C=O) groups is 1. The van der Waals surface area contributed by atoms with Crippen molar-refractivity contribution in [3.05, 3.63) is 41.8 Å². The predicted octanol–water partition coefficient (Wildman–Crippen LogP) is 3.55. The van der Waals surface area contributed by atoms with Crippen LogP contribution in [0.5, 0.6) is 0 Å². The van der Waals surface area contributed by atoms with Crippen LogP contribution in [0.15, 0.2) is 34.9 Å². The minimum absolute atomic E-state index is 0.103. The van der Waals surface area contributed by atoms with Crippen LogP contribution in [0, 0.1) is 17.7 Å². The van der Waals surface area contributed by atoms with E-state index in [1.54, 1.807) is 12.1 Å². The molecule has 0 radical (unpaired) electrons. The normalized spacial score (nSPS) is 20.4.